The lowest BCUT2D eigenvalue weighted by Crippen LogP contribution is -2.35. The van der Waals surface area contributed by atoms with Crippen LogP contribution in [0.15, 0.2) is 30.3 Å². The Morgan fingerprint density at radius 1 is 0.895 bits per heavy atom. The first-order valence-electron chi connectivity index (χ1n) is 7.41. The van der Waals surface area contributed by atoms with E-state index in [0.29, 0.717) is 5.92 Å². The zero-order valence-electron chi connectivity index (χ0n) is 12.8. The molecule has 1 atom stereocenters. The van der Waals surface area contributed by atoms with Crippen molar-refractivity contribution in [3.63, 3.8) is 0 Å². The molecule has 0 aliphatic carbocycles. The molecule has 1 nitrogen and oxygen atoms in total. The number of benzene rings is 1. The second-order valence-electron chi connectivity index (χ2n) is 6.30. The van der Waals surface area contributed by atoms with Crippen molar-refractivity contribution < 1.29 is 0 Å². The van der Waals surface area contributed by atoms with E-state index < -0.39 is 0 Å². The van der Waals surface area contributed by atoms with Gasteiger partial charge >= 0.3 is 0 Å². The van der Waals surface area contributed by atoms with E-state index in [1.54, 1.807) is 0 Å². The molecule has 0 radical (unpaired) electrons. The van der Waals surface area contributed by atoms with E-state index in [-0.39, 0.29) is 0 Å². The molecule has 1 aromatic rings. The number of nitrogens with zero attached hydrogens (tertiary/aromatic N) is 1. The summed E-state index contributed by atoms with van der Waals surface area (Å²) >= 11 is 4.56. The normalized spacial score (nSPS) is 13.5. The third-order valence-electron chi connectivity index (χ3n) is 3.22. The lowest BCUT2D eigenvalue weighted by atomic mass is 9.99. The summed E-state index contributed by atoms with van der Waals surface area (Å²) < 4.78 is 0. The Balaban J connectivity index is 2.69. The molecule has 2 heteroatoms. The Kier molecular flexibility index (Phi) is 7.55. The molecule has 0 aliphatic rings. The maximum atomic E-state index is 4.56. The van der Waals surface area contributed by atoms with Crippen molar-refractivity contribution in [2.45, 2.75) is 33.6 Å². The Bertz CT molecular complexity index is 324. The van der Waals surface area contributed by atoms with E-state index in [2.05, 4.69) is 75.6 Å². The van der Waals surface area contributed by atoms with Gasteiger partial charge in [0.25, 0.3) is 0 Å². The second kappa shape index (κ2) is 8.65. The van der Waals surface area contributed by atoms with E-state index in [0.717, 1.165) is 24.1 Å². The zero-order valence-corrected chi connectivity index (χ0v) is 13.7. The minimum atomic E-state index is 0.530. The van der Waals surface area contributed by atoms with Crippen LogP contribution in [0.2, 0.25) is 0 Å². The summed E-state index contributed by atoms with van der Waals surface area (Å²) in [5.41, 5.74) is 1.41. The summed E-state index contributed by atoms with van der Waals surface area (Å²) in [5, 5.41) is 0. The molecule has 19 heavy (non-hydrogen) atoms. The molecule has 0 saturated heterocycles. The van der Waals surface area contributed by atoms with Crippen LogP contribution in [0.3, 0.4) is 0 Å². The summed E-state index contributed by atoms with van der Waals surface area (Å²) in [6.45, 7) is 12.7. The smallest absolute Gasteiger partial charge is 0.00584 e. The van der Waals surface area contributed by atoms with Crippen molar-refractivity contribution in [1.82, 2.24) is 4.90 Å². The highest BCUT2D eigenvalue weighted by Gasteiger charge is 2.16. The SMILES string of the molecule is CC(C)CN(CC(C)C)CC(CS)c1ccccc1. The molecule has 0 saturated carbocycles. The van der Waals surface area contributed by atoms with E-state index >= 15 is 0 Å². The molecule has 1 unspecified atom stereocenters. The summed E-state index contributed by atoms with van der Waals surface area (Å²) in [6.07, 6.45) is 0. The predicted octanol–water partition coefficient (Wildman–Crippen LogP) is 4.31. The first-order valence-corrected chi connectivity index (χ1v) is 8.04. The summed E-state index contributed by atoms with van der Waals surface area (Å²) in [5.74, 6) is 2.88. The van der Waals surface area contributed by atoms with Gasteiger partial charge in [0, 0.05) is 25.6 Å². The topological polar surface area (TPSA) is 3.24 Å². The number of hydrogen-bond acceptors (Lipinski definition) is 2. The molecule has 0 heterocycles. The Morgan fingerprint density at radius 2 is 1.42 bits per heavy atom. The van der Waals surface area contributed by atoms with Crippen LogP contribution in [-0.2, 0) is 0 Å². The molecule has 0 N–H and O–H groups in total. The molecule has 0 aromatic heterocycles. The van der Waals surface area contributed by atoms with Gasteiger partial charge in [-0.25, -0.2) is 0 Å². The first kappa shape index (κ1) is 16.6. The largest absolute Gasteiger partial charge is 0.302 e. The standard InChI is InChI=1S/C17H29NS/c1-14(2)10-18(11-15(3)4)12-17(13-19)16-8-6-5-7-9-16/h5-9,14-15,17,19H,10-13H2,1-4H3. The molecule has 0 spiro atoms. The Morgan fingerprint density at radius 3 is 1.84 bits per heavy atom. The van der Waals surface area contributed by atoms with Gasteiger partial charge in [0.15, 0.2) is 0 Å². The average Bonchev–Trinajstić information content (AvgIpc) is 2.35. The van der Waals surface area contributed by atoms with Crippen molar-refractivity contribution >= 4 is 12.6 Å². The lowest BCUT2D eigenvalue weighted by molar-refractivity contribution is 0.211. The van der Waals surface area contributed by atoms with Gasteiger partial charge in [-0.05, 0) is 23.2 Å². The number of thiol groups is 1. The summed E-state index contributed by atoms with van der Waals surface area (Å²) in [4.78, 5) is 2.60. The van der Waals surface area contributed by atoms with Gasteiger partial charge in [0.05, 0.1) is 0 Å². The maximum absolute atomic E-state index is 4.56. The third-order valence-corrected chi connectivity index (χ3v) is 3.66. The van der Waals surface area contributed by atoms with Crippen LogP contribution in [0.25, 0.3) is 0 Å². The highest BCUT2D eigenvalue weighted by molar-refractivity contribution is 7.80. The van der Waals surface area contributed by atoms with Crippen LogP contribution in [0, 0.1) is 11.8 Å². The average molecular weight is 279 g/mol. The molecule has 108 valence electrons. The maximum Gasteiger partial charge on any atom is 0.00584 e. The van der Waals surface area contributed by atoms with Crippen LogP contribution in [0.1, 0.15) is 39.2 Å². The molecule has 1 rings (SSSR count). The van der Waals surface area contributed by atoms with Crippen molar-refractivity contribution in [2.24, 2.45) is 11.8 Å². The molecule has 0 fully saturated rings. The quantitative estimate of drug-likeness (QED) is 0.694. The molecule has 0 amide bonds. The fraction of sp³-hybridized carbons (Fsp3) is 0.647. The van der Waals surface area contributed by atoms with Crippen molar-refractivity contribution in [1.29, 1.82) is 0 Å². The van der Waals surface area contributed by atoms with Crippen molar-refractivity contribution in [3.05, 3.63) is 35.9 Å². The second-order valence-corrected chi connectivity index (χ2v) is 6.66. The van der Waals surface area contributed by atoms with Gasteiger partial charge in [-0.1, -0.05) is 58.0 Å². The molecular formula is C17H29NS. The number of rotatable bonds is 8. The van der Waals surface area contributed by atoms with Crippen molar-refractivity contribution in [2.75, 3.05) is 25.4 Å². The fourth-order valence-electron chi connectivity index (χ4n) is 2.56. The van der Waals surface area contributed by atoms with Crippen LogP contribution in [0.4, 0.5) is 0 Å². The van der Waals surface area contributed by atoms with Crippen LogP contribution in [-0.4, -0.2) is 30.3 Å². The summed E-state index contributed by atoms with van der Waals surface area (Å²) in [7, 11) is 0. The van der Waals surface area contributed by atoms with Gasteiger partial charge in [-0.2, -0.15) is 12.6 Å². The van der Waals surface area contributed by atoms with Crippen LogP contribution < -0.4 is 0 Å². The van der Waals surface area contributed by atoms with Gasteiger partial charge in [0.2, 0.25) is 0 Å². The zero-order chi connectivity index (χ0) is 14.3. The third kappa shape index (κ3) is 6.49. The van der Waals surface area contributed by atoms with Gasteiger partial charge in [-0.3, -0.25) is 0 Å². The van der Waals surface area contributed by atoms with E-state index in [4.69, 9.17) is 0 Å². The minimum Gasteiger partial charge on any atom is -0.302 e. The van der Waals surface area contributed by atoms with Crippen LogP contribution >= 0.6 is 12.6 Å². The summed E-state index contributed by atoms with van der Waals surface area (Å²) in [6, 6.07) is 10.8. The molecule has 0 aliphatic heterocycles. The first-order chi connectivity index (χ1) is 9.02. The lowest BCUT2D eigenvalue weighted by Gasteiger charge is -2.30. The van der Waals surface area contributed by atoms with Gasteiger partial charge in [0.1, 0.15) is 0 Å². The van der Waals surface area contributed by atoms with Crippen LogP contribution in [0.5, 0.6) is 0 Å². The van der Waals surface area contributed by atoms with E-state index in [1.165, 1.54) is 18.7 Å². The molecule has 1 aromatic carbocycles. The fourth-order valence-corrected chi connectivity index (χ4v) is 2.89. The molecular weight excluding hydrogens is 250 g/mol. The predicted molar refractivity (Wildman–Crippen MR) is 89.2 cm³/mol. The number of hydrogen-bond donors (Lipinski definition) is 1. The van der Waals surface area contributed by atoms with E-state index in [1.807, 2.05) is 0 Å². The monoisotopic (exact) mass is 279 g/mol. The van der Waals surface area contributed by atoms with Gasteiger partial charge in [-0.15, -0.1) is 0 Å². The van der Waals surface area contributed by atoms with E-state index in [9.17, 15) is 0 Å². The minimum absolute atomic E-state index is 0.530. The van der Waals surface area contributed by atoms with Gasteiger partial charge < -0.3 is 4.90 Å². The van der Waals surface area contributed by atoms with Crippen molar-refractivity contribution in [3.8, 4) is 0 Å². The highest BCUT2D eigenvalue weighted by atomic mass is 32.1. The highest BCUT2D eigenvalue weighted by Crippen LogP contribution is 2.19. The Hall–Kier alpha value is -0.470. The Labute approximate surface area is 124 Å². The molecule has 0 bridgehead atoms.